The van der Waals surface area contributed by atoms with Crippen LogP contribution in [0.4, 0.5) is 5.82 Å². The Hall–Kier alpha value is -2.90. The van der Waals surface area contributed by atoms with Crippen molar-refractivity contribution in [2.45, 2.75) is 49.1 Å². The van der Waals surface area contributed by atoms with Crippen molar-refractivity contribution < 1.29 is 67.2 Å². The molecule has 2 fully saturated rings. The molecule has 3 aromatic rings. The Morgan fingerprint density at radius 2 is 1.61 bits per heavy atom. The molecule has 0 aliphatic carbocycles. The summed E-state index contributed by atoms with van der Waals surface area (Å²) in [6.45, 7) is -1.52. The summed E-state index contributed by atoms with van der Waals surface area (Å²) in [5, 5.41) is 41.8. The van der Waals surface area contributed by atoms with Gasteiger partial charge in [0.1, 0.15) is 41.6 Å². The van der Waals surface area contributed by atoms with Gasteiger partial charge in [0.15, 0.2) is 36.4 Å². The molecule has 2 aliphatic heterocycles. The highest BCUT2D eigenvalue weighted by atomic mass is 31.2. The summed E-state index contributed by atoms with van der Waals surface area (Å²) in [5.74, 6) is -1.99. The number of nitrogen functional groups attached to an aromatic ring is 1. The minimum atomic E-state index is -4.86. The molecule has 0 saturated carbocycles. The minimum absolute atomic E-state index is 0.0922. The zero-order valence-corrected chi connectivity index (χ0v) is 24.4. The van der Waals surface area contributed by atoms with Gasteiger partial charge in [-0.3, -0.25) is 13.9 Å². The summed E-state index contributed by atoms with van der Waals surface area (Å²) < 4.78 is 49.0. The predicted molar refractivity (Wildman–Crippen MR) is 145 cm³/mol. The van der Waals surface area contributed by atoms with E-state index in [4.69, 9.17) is 30.0 Å². The van der Waals surface area contributed by atoms with Crippen LogP contribution >= 0.6 is 15.2 Å². The SMILES string of the molecule is NC(=O)c1ccc[n+]([C@@H]2O[C@H](COP(=O)(O)CP(=O)(O)OC[C@H]3O[C@@H](n4cnc5c(N)nccc54)[C@H](O)[C@@H]3O)[C@@H](O)[C@H]2O)c1. The van der Waals surface area contributed by atoms with Crippen LogP contribution in [-0.2, 0) is 27.7 Å². The highest BCUT2D eigenvalue weighted by Gasteiger charge is 2.50. The topological polar surface area (TPSA) is 296 Å². The third kappa shape index (κ3) is 6.69. The summed E-state index contributed by atoms with van der Waals surface area (Å²) in [6.07, 6.45) is -5.83. The Morgan fingerprint density at radius 1 is 0.977 bits per heavy atom. The van der Waals surface area contributed by atoms with Crippen LogP contribution in [0.15, 0.2) is 43.1 Å². The van der Waals surface area contributed by atoms with Gasteiger partial charge >= 0.3 is 15.2 Å². The van der Waals surface area contributed by atoms with Gasteiger partial charge in [-0.2, -0.15) is 4.57 Å². The van der Waals surface area contributed by atoms with E-state index >= 15 is 0 Å². The zero-order chi connectivity index (χ0) is 32.0. The van der Waals surface area contributed by atoms with E-state index < -0.39 is 89.3 Å². The third-order valence-electron chi connectivity index (χ3n) is 7.11. The lowest BCUT2D eigenvalue weighted by molar-refractivity contribution is -0.765. The largest absolute Gasteiger partial charge is 0.387 e. The van der Waals surface area contributed by atoms with E-state index in [1.165, 1.54) is 46.2 Å². The highest BCUT2D eigenvalue weighted by Crippen LogP contribution is 2.58. The Kier molecular flexibility index (Phi) is 9.21. The van der Waals surface area contributed by atoms with E-state index in [-0.39, 0.29) is 11.4 Å². The number of hydrogen-bond acceptors (Lipinski definition) is 14. The summed E-state index contributed by atoms with van der Waals surface area (Å²) in [5.41, 5.74) is 11.9. The zero-order valence-electron chi connectivity index (χ0n) is 22.7. The molecule has 0 aromatic carbocycles. The first-order chi connectivity index (χ1) is 20.7. The molecule has 1 amide bonds. The number of amides is 1. The predicted octanol–water partition coefficient (Wildman–Crippen LogP) is -2.30. The fourth-order valence-electron chi connectivity index (χ4n) is 4.88. The highest BCUT2D eigenvalue weighted by molar-refractivity contribution is 7.70. The minimum Gasteiger partial charge on any atom is -0.387 e. The number of ether oxygens (including phenoxy) is 2. The smallest absolute Gasteiger partial charge is 0.340 e. The van der Waals surface area contributed by atoms with E-state index in [2.05, 4.69) is 9.97 Å². The van der Waals surface area contributed by atoms with Gasteiger partial charge in [0.2, 0.25) is 0 Å². The normalized spacial score (nSPS) is 31.6. The number of aliphatic hydroxyl groups excluding tert-OH is 4. The number of primary amides is 1. The van der Waals surface area contributed by atoms with Crippen LogP contribution in [-0.4, -0.2) is 106 Å². The Bertz CT molecular complexity index is 1630. The lowest BCUT2D eigenvalue weighted by Gasteiger charge is -2.21. The van der Waals surface area contributed by atoms with Gasteiger partial charge in [0.05, 0.1) is 25.1 Å². The second-order valence-corrected chi connectivity index (χ2v) is 14.4. The number of carbonyl (C=O) groups excluding carboxylic acids is 1. The number of rotatable bonds is 11. The molecule has 2 unspecified atom stereocenters. The van der Waals surface area contributed by atoms with E-state index in [9.17, 15) is 44.1 Å². The van der Waals surface area contributed by atoms with Gasteiger partial charge in [0.25, 0.3) is 12.1 Å². The molecule has 10 atom stereocenters. The fourth-order valence-corrected chi connectivity index (χ4v) is 8.10. The number of anilines is 1. The lowest BCUT2D eigenvalue weighted by Crippen LogP contribution is -2.46. The summed E-state index contributed by atoms with van der Waals surface area (Å²) >= 11 is 0. The Balaban J connectivity index is 1.16. The van der Waals surface area contributed by atoms with Crippen molar-refractivity contribution in [1.82, 2.24) is 14.5 Å². The average molecular weight is 661 g/mol. The van der Waals surface area contributed by atoms with Crippen molar-refractivity contribution in [3.63, 3.8) is 0 Å². The van der Waals surface area contributed by atoms with Crippen molar-refractivity contribution >= 4 is 37.9 Å². The van der Waals surface area contributed by atoms with Crippen molar-refractivity contribution in [2.24, 2.45) is 5.73 Å². The number of carbonyl (C=O) groups is 1. The summed E-state index contributed by atoms with van der Waals surface area (Å²) in [6, 6.07) is 4.43. The Morgan fingerprint density at radius 3 is 2.27 bits per heavy atom. The molecule has 0 bridgehead atoms. The Labute approximate surface area is 248 Å². The molecule has 10 N–H and O–H groups in total. The molecule has 5 rings (SSSR count). The first-order valence-corrected chi connectivity index (χ1v) is 16.5. The van der Waals surface area contributed by atoms with Crippen LogP contribution in [0.2, 0.25) is 0 Å². The van der Waals surface area contributed by atoms with Gasteiger partial charge in [-0.25, -0.2) is 9.97 Å². The standard InChI is InChI=1S/C23H30N6O13P2/c24-20-15-12(3-4-26-20)29(9-27-15)23-19(33)17(31)14(42-23)8-40-44(37,38)10-43(35,36)39-7-13-16(30)18(32)22(41-13)28-5-1-2-11(6-28)21(25)34/h1-6,9,13-14,16-19,22-23,30-33H,7-8,10H2,(H5-,24,25,26,34,35,36,37,38)/p+1/t13-,14-,16-,17-,18-,19-,22-,23-/m1/s1. The molecule has 5 heterocycles. The van der Waals surface area contributed by atoms with Crippen molar-refractivity contribution in [3.8, 4) is 0 Å². The molecular weight excluding hydrogens is 630 g/mol. The van der Waals surface area contributed by atoms with Crippen LogP contribution in [0, 0.1) is 0 Å². The maximum atomic E-state index is 12.7. The van der Waals surface area contributed by atoms with Gasteiger partial charge in [-0.05, 0) is 12.1 Å². The first kappa shape index (κ1) is 32.5. The number of imidazole rings is 1. The molecule has 0 radical (unpaired) electrons. The van der Waals surface area contributed by atoms with Crippen LogP contribution in [0.3, 0.4) is 0 Å². The van der Waals surface area contributed by atoms with E-state index in [1.54, 1.807) is 6.07 Å². The lowest BCUT2D eigenvalue weighted by atomic mass is 10.1. The fraction of sp³-hybridized carbons (Fsp3) is 0.478. The van der Waals surface area contributed by atoms with E-state index in [0.29, 0.717) is 11.0 Å². The van der Waals surface area contributed by atoms with Crippen LogP contribution in [0.25, 0.3) is 11.0 Å². The molecular formula is C23H31N6O13P2+. The van der Waals surface area contributed by atoms with Gasteiger partial charge in [0, 0.05) is 12.3 Å². The monoisotopic (exact) mass is 661 g/mol. The van der Waals surface area contributed by atoms with Crippen LogP contribution in [0.1, 0.15) is 22.8 Å². The van der Waals surface area contributed by atoms with E-state index in [0.717, 1.165) is 0 Å². The first-order valence-electron chi connectivity index (χ1n) is 13.0. The molecule has 240 valence electrons. The molecule has 19 nitrogen and oxygen atoms in total. The third-order valence-corrected chi connectivity index (χ3v) is 11.1. The van der Waals surface area contributed by atoms with Crippen LogP contribution in [0.5, 0.6) is 0 Å². The number of fused-ring (bicyclic) bond motifs is 1. The van der Waals surface area contributed by atoms with Gasteiger partial charge < -0.3 is 64.8 Å². The van der Waals surface area contributed by atoms with Crippen molar-refractivity contribution in [2.75, 3.05) is 24.9 Å². The number of nitrogens with zero attached hydrogens (tertiary/aromatic N) is 4. The molecule has 0 spiro atoms. The van der Waals surface area contributed by atoms with Gasteiger partial charge in [-0.1, -0.05) is 0 Å². The number of aromatic nitrogens is 4. The van der Waals surface area contributed by atoms with Crippen molar-refractivity contribution in [1.29, 1.82) is 0 Å². The summed E-state index contributed by atoms with van der Waals surface area (Å²) in [7, 11) is -9.72. The average Bonchev–Trinajstić information content (AvgIpc) is 3.61. The number of pyridine rings is 2. The van der Waals surface area contributed by atoms with Gasteiger partial charge in [-0.15, -0.1) is 0 Å². The second-order valence-electron chi connectivity index (χ2n) is 10.2. The maximum Gasteiger partial charge on any atom is 0.340 e. The number of hydrogen-bond donors (Lipinski definition) is 8. The van der Waals surface area contributed by atoms with Crippen molar-refractivity contribution in [3.05, 3.63) is 48.7 Å². The van der Waals surface area contributed by atoms with E-state index in [1.807, 2.05) is 0 Å². The molecule has 21 heteroatoms. The second kappa shape index (κ2) is 12.5. The molecule has 2 saturated heterocycles. The maximum absolute atomic E-state index is 12.7. The quantitative estimate of drug-likeness (QED) is 0.0791. The summed E-state index contributed by atoms with van der Waals surface area (Å²) in [4.78, 5) is 40.0. The van der Waals surface area contributed by atoms with Crippen LogP contribution < -0.4 is 16.0 Å². The molecule has 44 heavy (non-hydrogen) atoms. The number of aliphatic hydroxyl groups is 4. The number of nitrogens with two attached hydrogens (primary N) is 2. The molecule has 3 aromatic heterocycles. The molecule has 2 aliphatic rings.